The van der Waals surface area contributed by atoms with Gasteiger partial charge in [-0.15, -0.1) is 0 Å². The molecule has 0 radical (unpaired) electrons. The van der Waals surface area contributed by atoms with E-state index in [2.05, 4.69) is 72.4 Å². The van der Waals surface area contributed by atoms with Crippen LogP contribution in [0.2, 0.25) is 0 Å². The van der Waals surface area contributed by atoms with Gasteiger partial charge >= 0.3 is 0 Å². The lowest BCUT2D eigenvalue weighted by Gasteiger charge is -2.38. The molecule has 2 aromatic rings. The van der Waals surface area contributed by atoms with Crippen LogP contribution in [0.5, 0.6) is 0 Å². The summed E-state index contributed by atoms with van der Waals surface area (Å²) < 4.78 is 2.39. The van der Waals surface area contributed by atoms with Crippen LogP contribution in [-0.2, 0) is 5.54 Å². The highest BCUT2D eigenvalue weighted by molar-refractivity contribution is 5.31. The first kappa shape index (κ1) is 10.6. The molecule has 0 aliphatic carbocycles. The second-order valence-electron chi connectivity index (χ2n) is 5.34. The van der Waals surface area contributed by atoms with Crippen molar-refractivity contribution in [3.05, 3.63) is 59.9 Å². The van der Waals surface area contributed by atoms with Crippen molar-refractivity contribution in [1.82, 2.24) is 9.88 Å². The Morgan fingerprint density at radius 1 is 1.12 bits per heavy atom. The van der Waals surface area contributed by atoms with E-state index in [9.17, 15) is 0 Å². The lowest BCUT2D eigenvalue weighted by Crippen LogP contribution is -2.46. The molecular formula is C15H18N2. The third-order valence-corrected chi connectivity index (χ3v) is 3.60. The third kappa shape index (κ3) is 1.69. The van der Waals surface area contributed by atoms with Crippen LogP contribution in [0.15, 0.2) is 48.7 Å². The zero-order valence-corrected chi connectivity index (χ0v) is 10.4. The Morgan fingerprint density at radius 2 is 1.88 bits per heavy atom. The average Bonchev–Trinajstić information content (AvgIpc) is 2.81. The molecule has 0 saturated carbocycles. The summed E-state index contributed by atoms with van der Waals surface area (Å²) >= 11 is 0. The summed E-state index contributed by atoms with van der Waals surface area (Å²) in [7, 11) is 0. The van der Waals surface area contributed by atoms with Gasteiger partial charge in [0.2, 0.25) is 0 Å². The summed E-state index contributed by atoms with van der Waals surface area (Å²) in [6.45, 7) is 5.53. The molecule has 2 heterocycles. The third-order valence-electron chi connectivity index (χ3n) is 3.60. The van der Waals surface area contributed by atoms with Crippen molar-refractivity contribution in [2.24, 2.45) is 0 Å². The van der Waals surface area contributed by atoms with Gasteiger partial charge in [-0.3, -0.25) is 0 Å². The first-order valence-electron chi connectivity index (χ1n) is 6.14. The summed E-state index contributed by atoms with van der Waals surface area (Å²) in [5.74, 6) is 0. The maximum Gasteiger partial charge on any atom is 0.0732 e. The van der Waals surface area contributed by atoms with E-state index >= 15 is 0 Å². The van der Waals surface area contributed by atoms with Crippen LogP contribution in [0.25, 0.3) is 0 Å². The summed E-state index contributed by atoms with van der Waals surface area (Å²) in [5.41, 5.74) is 2.85. The molecular weight excluding hydrogens is 208 g/mol. The van der Waals surface area contributed by atoms with E-state index in [1.807, 2.05) is 0 Å². The molecule has 88 valence electrons. The average molecular weight is 226 g/mol. The zero-order valence-electron chi connectivity index (χ0n) is 10.4. The van der Waals surface area contributed by atoms with E-state index in [1.54, 1.807) is 0 Å². The van der Waals surface area contributed by atoms with E-state index in [1.165, 1.54) is 11.3 Å². The molecule has 0 saturated heterocycles. The van der Waals surface area contributed by atoms with Gasteiger partial charge in [-0.1, -0.05) is 30.3 Å². The van der Waals surface area contributed by atoms with Crippen molar-refractivity contribution < 1.29 is 0 Å². The SMILES string of the molecule is CC1(C)CN[C@@H](c2ccccc2)c2cccn21. The van der Waals surface area contributed by atoms with Gasteiger partial charge in [0.15, 0.2) is 0 Å². The second-order valence-corrected chi connectivity index (χ2v) is 5.34. The number of rotatable bonds is 1. The Hall–Kier alpha value is -1.54. The molecule has 1 atom stereocenters. The zero-order chi connectivity index (χ0) is 11.9. The van der Waals surface area contributed by atoms with E-state index in [0.29, 0.717) is 6.04 Å². The van der Waals surface area contributed by atoms with E-state index in [0.717, 1.165) is 6.54 Å². The van der Waals surface area contributed by atoms with Crippen LogP contribution in [-0.4, -0.2) is 11.1 Å². The van der Waals surface area contributed by atoms with E-state index in [-0.39, 0.29) is 5.54 Å². The lowest BCUT2D eigenvalue weighted by atomic mass is 9.95. The smallest absolute Gasteiger partial charge is 0.0732 e. The Bertz CT molecular complexity index is 511. The maximum atomic E-state index is 3.65. The number of nitrogens with zero attached hydrogens (tertiary/aromatic N) is 1. The standard InChI is InChI=1S/C15H18N2/c1-15(2)11-16-14(12-7-4-3-5-8-12)13-9-6-10-17(13)15/h3-10,14,16H,11H2,1-2H3/t14-/m0/s1. The Kier molecular flexibility index (Phi) is 2.33. The second kappa shape index (κ2) is 3.74. The highest BCUT2D eigenvalue weighted by Crippen LogP contribution is 2.31. The lowest BCUT2D eigenvalue weighted by molar-refractivity contribution is 0.273. The number of nitrogens with one attached hydrogen (secondary N) is 1. The Labute approximate surface area is 102 Å². The summed E-state index contributed by atoms with van der Waals surface area (Å²) in [5, 5.41) is 3.65. The molecule has 0 amide bonds. The fourth-order valence-corrected chi connectivity index (χ4v) is 2.66. The van der Waals surface area contributed by atoms with Crippen molar-refractivity contribution in [1.29, 1.82) is 0 Å². The van der Waals surface area contributed by atoms with Gasteiger partial charge in [-0.2, -0.15) is 0 Å². The maximum absolute atomic E-state index is 3.65. The molecule has 0 unspecified atom stereocenters. The molecule has 1 aliphatic heterocycles. The van der Waals surface area contributed by atoms with E-state index in [4.69, 9.17) is 0 Å². The molecule has 1 aliphatic rings. The minimum atomic E-state index is 0.157. The number of hydrogen-bond acceptors (Lipinski definition) is 1. The van der Waals surface area contributed by atoms with Crippen molar-refractivity contribution >= 4 is 0 Å². The topological polar surface area (TPSA) is 17.0 Å². The van der Waals surface area contributed by atoms with Crippen molar-refractivity contribution in [2.75, 3.05) is 6.54 Å². The Morgan fingerprint density at radius 3 is 2.65 bits per heavy atom. The predicted octanol–water partition coefficient (Wildman–Crippen LogP) is 2.92. The first-order valence-corrected chi connectivity index (χ1v) is 6.14. The monoisotopic (exact) mass is 226 g/mol. The van der Waals surface area contributed by atoms with Gasteiger partial charge in [0, 0.05) is 18.4 Å². The quantitative estimate of drug-likeness (QED) is 0.791. The van der Waals surface area contributed by atoms with Crippen molar-refractivity contribution in [3.8, 4) is 0 Å². The molecule has 2 heteroatoms. The van der Waals surface area contributed by atoms with Crippen LogP contribution in [0.3, 0.4) is 0 Å². The number of hydrogen-bond donors (Lipinski definition) is 1. The molecule has 0 bridgehead atoms. The van der Waals surface area contributed by atoms with Crippen molar-refractivity contribution in [3.63, 3.8) is 0 Å². The molecule has 1 N–H and O–H groups in total. The van der Waals surface area contributed by atoms with Gasteiger partial charge in [0.1, 0.15) is 0 Å². The molecule has 2 nitrogen and oxygen atoms in total. The minimum Gasteiger partial charge on any atom is -0.343 e. The van der Waals surface area contributed by atoms with Gasteiger partial charge in [-0.05, 0) is 31.5 Å². The van der Waals surface area contributed by atoms with Gasteiger partial charge in [-0.25, -0.2) is 0 Å². The largest absolute Gasteiger partial charge is 0.343 e. The van der Waals surface area contributed by atoms with E-state index < -0.39 is 0 Å². The molecule has 0 spiro atoms. The first-order chi connectivity index (χ1) is 8.18. The number of fused-ring (bicyclic) bond motifs is 1. The normalized spacial score (nSPS) is 22.1. The van der Waals surface area contributed by atoms with Crippen LogP contribution in [0.4, 0.5) is 0 Å². The number of aromatic nitrogens is 1. The highest BCUT2D eigenvalue weighted by atomic mass is 15.2. The van der Waals surface area contributed by atoms with Crippen molar-refractivity contribution in [2.45, 2.75) is 25.4 Å². The Balaban J connectivity index is 2.07. The van der Waals surface area contributed by atoms with Gasteiger partial charge in [0.25, 0.3) is 0 Å². The molecule has 17 heavy (non-hydrogen) atoms. The van der Waals surface area contributed by atoms with Crippen LogP contribution in [0.1, 0.15) is 31.1 Å². The summed E-state index contributed by atoms with van der Waals surface area (Å²) in [4.78, 5) is 0. The fraction of sp³-hybridized carbons (Fsp3) is 0.333. The molecule has 1 aromatic heterocycles. The molecule has 3 rings (SSSR count). The van der Waals surface area contributed by atoms with Gasteiger partial charge < -0.3 is 9.88 Å². The van der Waals surface area contributed by atoms with Gasteiger partial charge in [0.05, 0.1) is 11.6 Å². The predicted molar refractivity (Wildman–Crippen MR) is 70.0 cm³/mol. The number of benzene rings is 1. The van der Waals surface area contributed by atoms with Crippen LogP contribution >= 0.6 is 0 Å². The van der Waals surface area contributed by atoms with Crippen LogP contribution < -0.4 is 5.32 Å². The summed E-state index contributed by atoms with van der Waals surface area (Å²) in [6, 6.07) is 15.3. The molecule has 1 aromatic carbocycles. The highest BCUT2D eigenvalue weighted by Gasteiger charge is 2.31. The fourth-order valence-electron chi connectivity index (χ4n) is 2.66. The minimum absolute atomic E-state index is 0.157. The molecule has 0 fully saturated rings. The van der Waals surface area contributed by atoms with Crippen LogP contribution in [0, 0.1) is 0 Å². The summed E-state index contributed by atoms with van der Waals surface area (Å²) in [6.07, 6.45) is 2.19.